The van der Waals surface area contributed by atoms with Gasteiger partial charge in [-0.1, -0.05) is 0 Å². The minimum Gasteiger partial charge on any atom is -0.387 e. The van der Waals surface area contributed by atoms with E-state index in [9.17, 15) is 4.79 Å². The fourth-order valence-corrected chi connectivity index (χ4v) is 1.77. The van der Waals surface area contributed by atoms with E-state index in [1.807, 2.05) is 0 Å². The highest BCUT2D eigenvalue weighted by molar-refractivity contribution is 7.13. The number of hydrogen-bond donors (Lipinski definition) is 2. The van der Waals surface area contributed by atoms with E-state index in [0.29, 0.717) is 10.7 Å². The zero-order chi connectivity index (χ0) is 11.4. The summed E-state index contributed by atoms with van der Waals surface area (Å²) < 4.78 is 0. The molecule has 1 amide bonds. The van der Waals surface area contributed by atoms with Crippen LogP contribution < -0.4 is 10.6 Å². The summed E-state index contributed by atoms with van der Waals surface area (Å²) in [6, 6.07) is 1.75. The lowest BCUT2D eigenvalue weighted by Gasteiger charge is -2.06. The molecule has 0 aliphatic rings. The lowest BCUT2D eigenvalue weighted by Crippen LogP contribution is -2.14. The molecule has 0 aromatic carbocycles. The van der Waals surface area contributed by atoms with Gasteiger partial charge in [0.2, 0.25) is 0 Å². The highest BCUT2D eigenvalue weighted by atomic mass is 32.1. The number of rotatable bonds is 3. The second-order valence-corrected chi connectivity index (χ2v) is 3.86. The Hall–Kier alpha value is -1.95. The smallest absolute Gasteiger partial charge is 0.261 e. The minimum absolute atomic E-state index is 0.215. The van der Waals surface area contributed by atoms with Gasteiger partial charge in [-0.05, 0) is 6.07 Å². The van der Waals surface area contributed by atoms with Crippen molar-refractivity contribution in [3.8, 4) is 0 Å². The van der Waals surface area contributed by atoms with Crippen molar-refractivity contribution in [1.29, 1.82) is 0 Å². The minimum atomic E-state index is -0.215. The first-order chi connectivity index (χ1) is 7.81. The van der Waals surface area contributed by atoms with Crippen molar-refractivity contribution >= 4 is 28.1 Å². The largest absolute Gasteiger partial charge is 0.387 e. The van der Waals surface area contributed by atoms with Gasteiger partial charge in [-0.3, -0.25) is 15.1 Å². The van der Waals surface area contributed by atoms with Crippen LogP contribution in [0.25, 0.3) is 0 Å². The Labute approximate surface area is 96.6 Å². The van der Waals surface area contributed by atoms with Gasteiger partial charge in [-0.25, -0.2) is 4.98 Å². The van der Waals surface area contributed by atoms with E-state index in [0.717, 1.165) is 5.69 Å². The molecule has 2 N–H and O–H groups in total. The normalized spacial score (nSPS) is 9.81. The quantitative estimate of drug-likeness (QED) is 0.850. The first-order valence-corrected chi connectivity index (χ1v) is 5.52. The molecular weight excluding hydrogens is 224 g/mol. The van der Waals surface area contributed by atoms with Gasteiger partial charge in [-0.15, -0.1) is 11.3 Å². The first-order valence-electron chi connectivity index (χ1n) is 4.64. The Morgan fingerprint density at radius 2 is 2.31 bits per heavy atom. The Morgan fingerprint density at radius 3 is 3.00 bits per heavy atom. The molecule has 0 saturated heterocycles. The van der Waals surface area contributed by atoms with Gasteiger partial charge in [-0.2, -0.15) is 0 Å². The van der Waals surface area contributed by atoms with Gasteiger partial charge in [0.05, 0.1) is 5.56 Å². The molecule has 0 fully saturated rings. The molecule has 0 aliphatic carbocycles. The van der Waals surface area contributed by atoms with Crippen LogP contribution in [-0.4, -0.2) is 22.9 Å². The molecule has 16 heavy (non-hydrogen) atoms. The van der Waals surface area contributed by atoms with E-state index in [1.165, 1.54) is 17.5 Å². The van der Waals surface area contributed by atoms with Crippen LogP contribution in [0.3, 0.4) is 0 Å². The van der Waals surface area contributed by atoms with Crippen molar-refractivity contribution < 1.29 is 4.79 Å². The van der Waals surface area contributed by atoms with E-state index in [4.69, 9.17) is 0 Å². The summed E-state index contributed by atoms with van der Waals surface area (Å²) in [4.78, 5) is 19.8. The number of nitrogens with zero attached hydrogens (tertiary/aromatic N) is 2. The van der Waals surface area contributed by atoms with E-state index < -0.39 is 0 Å². The zero-order valence-corrected chi connectivity index (χ0v) is 9.41. The highest BCUT2D eigenvalue weighted by Crippen LogP contribution is 2.16. The molecule has 0 unspecified atom stereocenters. The lowest BCUT2D eigenvalue weighted by atomic mass is 10.2. The number of amides is 1. The van der Waals surface area contributed by atoms with Gasteiger partial charge in [0, 0.05) is 36.7 Å². The second-order valence-electron chi connectivity index (χ2n) is 2.96. The lowest BCUT2D eigenvalue weighted by molar-refractivity contribution is 0.102. The maximum atomic E-state index is 11.9. The van der Waals surface area contributed by atoms with Crippen molar-refractivity contribution in [2.75, 3.05) is 17.7 Å². The maximum Gasteiger partial charge on any atom is 0.261 e. The highest BCUT2D eigenvalue weighted by Gasteiger charge is 2.11. The zero-order valence-electron chi connectivity index (χ0n) is 8.60. The Kier molecular flexibility index (Phi) is 3.11. The molecule has 0 saturated carbocycles. The van der Waals surface area contributed by atoms with Crippen LogP contribution in [0.2, 0.25) is 0 Å². The van der Waals surface area contributed by atoms with Gasteiger partial charge < -0.3 is 5.32 Å². The molecule has 0 bridgehead atoms. The monoisotopic (exact) mass is 234 g/mol. The first kappa shape index (κ1) is 10.6. The van der Waals surface area contributed by atoms with Gasteiger partial charge in [0.1, 0.15) is 0 Å². The third-order valence-corrected chi connectivity index (χ3v) is 2.68. The second kappa shape index (κ2) is 4.71. The van der Waals surface area contributed by atoms with E-state index in [-0.39, 0.29) is 5.91 Å². The molecule has 2 aromatic heterocycles. The van der Waals surface area contributed by atoms with Gasteiger partial charge in [0.25, 0.3) is 5.91 Å². The number of hydrogen-bond acceptors (Lipinski definition) is 5. The summed E-state index contributed by atoms with van der Waals surface area (Å²) in [5.41, 5.74) is 1.24. The molecular formula is C10H10N4OS. The Balaban J connectivity index is 2.21. The van der Waals surface area contributed by atoms with E-state index in [1.54, 1.807) is 30.9 Å². The fraction of sp³-hybridized carbons (Fsp3) is 0.100. The van der Waals surface area contributed by atoms with Gasteiger partial charge >= 0.3 is 0 Å². The van der Waals surface area contributed by atoms with Crippen molar-refractivity contribution in [1.82, 2.24) is 9.97 Å². The summed E-state index contributed by atoms with van der Waals surface area (Å²) in [6.45, 7) is 0. The molecule has 0 spiro atoms. The van der Waals surface area contributed by atoms with Crippen LogP contribution in [0.15, 0.2) is 30.0 Å². The maximum absolute atomic E-state index is 11.9. The molecule has 0 radical (unpaired) electrons. The molecule has 0 aliphatic heterocycles. The number of carbonyl (C=O) groups excluding carboxylic acids is 1. The van der Waals surface area contributed by atoms with Crippen molar-refractivity contribution in [2.24, 2.45) is 0 Å². The molecule has 2 aromatic rings. The van der Waals surface area contributed by atoms with Crippen LogP contribution in [0.1, 0.15) is 10.4 Å². The average molecular weight is 234 g/mol. The average Bonchev–Trinajstić information content (AvgIpc) is 2.81. The third-order valence-electron chi connectivity index (χ3n) is 1.99. The summed E-state index contributed by atoms with van der Waals surface area (Å²) in [7, 11) is 1.76. The standard InChI is InChI=1S/C10H10N4OS/c1-11-8-2-3-12-6-7(8)9(15)14-10-13-4-5-16-10/h2-6H,1H3,(H,11,12)(H,13,14,15). The molecule has 2 heterocycles. The number of nitrogens with one attached hydrogen (secondary N) is 2. The predicted molar refractivity (Wildman–Crippen MR) is 63.9 cm³/mol. The summed E-state index contributed by atoms with van der Waals surface area (Å²) in [5, 5.41) is 8.02. The summed E-state index contributed by atoms with van der Waals surface area (Å²) in [5.74, 6) is -0.215. The molecule has 0 atom stereocenters. The topological polar surface area (TPSA) is 66.9 Å². The van der Waals surface area contributed by atoms with Crippen LogP contribution in [-0.2, 0) is 0 Å². The number of aromatic nitrogens is 2. The third kappa shape index (κ3) is 2.17. The van der Waals surface area contributed by atoms with Gasteiger partial charge in [0.15, 0.2) is 5.13 Å². The summed E-state index contributed by atoms with van der Waals surface area (Å²) in [6.07, 6.45) is 4.79. The Bertz CT molecular complexity index is 483. The molecule has 82 valence electrons. The molecule has 5 nitrogen and oxygen atoms in total. The van der Waals surface area contributed by atoms with Crippen LogP contribution >= 0.6 is 11.3 Å². The van der Waals surface area contributed by atoms with Crippen molar-refractivity contribution in [3.63, 3.8) is 0 Å². The van der Waals surface area contributed by atoms with Crippen molar-refractivity contribution in [3.05, 3.63) is 35.6 Å². The number of carbonyl (C=O) groups is 1. The van der Waals surface area contributed by atoms with E-state index in [2.05, 4.69) is 20.6 Å². The summed E-state index contributed by atoms with van der Waals surface area (Å²) >= 11 is 1.38. The number of pyridine rings is 1. The fourth-order valence-electron chi connectivity index (χ4n) is 1.24. The Morgan fingerprint density at radius 1 is 1.44 bits per heavy atom. The molecule has 2 rings (SSSR count). The van der Waals surface area contributed by atoms with E-state index >= 15 is 0 Å². The van der Waals surface area contributed by atoms with Crippen LogP contribution in [0, 0.1) is 0 Å². The van der Waals surface area contributed by atoms with Crippen LogP contribution in [0.4, 0.5) is 10.8 Å². The number of thiazole rings is 1. The predicted octanol–water partition coefficient (Wildman–Crippen LogP) is 1.83. The number of anilines is 2. The van der Waals surface area contributed by atoms with Crippen LogP contribution in [0.5, 0.6) is 0 Å². The van der Waals surface area contributed by atoms with Crippen molar-refractivity contribution in [2.45, 2.75) is 0 Å². The molecule has 6 heteroatoms. The SMILES string of the molecule is CNc1ccncc1C(=O)Nc1nccs1.